The van der Waals surface area contributed by atoms with Gasteiger partial charge in [-0.3, -0.25) is 4.79 Å². The number of carbonyl (C=O) groups excluding carboxylic acids is 1. The number of thioether (sulfide) groups is 1. The van der Waals surface area contributed by atoms with Crippen molar-refractivity contribution in [2.45, 2.75) is 28.5 Å². The molecule has 2 N–H and O–H groups in total. The van der Waals surface area contributed by atoms with Gasteiger partial charge in [-0.1, -0.05) is 53.4 Å². The van der Waals surface area contributed by atoms with E-state index in [1.807, 2.05) is 30.3 Å². The first-order valence-corrected chi connectivity index (χ1v) is 9.54. The van der Waals surface area contributed by atoms with E-state index in [-0.39, 0.29) is 11.2 Å². The Kier molecular flexibility index (Phi) is 6.06. The Morgan fingerprint density at radius 2 is 2.17 bits per heavy atom. The molecule has 128 valence electrons. The minimum absolute atomic E-state index is 0.0396. The minimum Gasteiger partial charge on any atom is -0.383 e. The van der Waals surface area contributed by atoms with Gasteiger partial charge in [0.1, 0.15) is 5.25 Å². The summed E-state index contributed by atoms with van der Waals surface area (Å²) in [5.41, 5.74) is 0.977. The molecule has 8 heteroatoms. The number of methoxy groups -OCH3 is 1. The van der Waals surface area contributed by atoms with E-state index in [0.29, 0.717) is 19.2 Å². The van der Waals surface area contributed by atoms with E-state index >= 15 is 0 Å². The zero-order valence-corrected chi connectivity index (χ0v) is 15.0. The van der Waals surface area contributed by atoms with Gasteiger partial charge in [-0.25, -0.2) is 0 Å². The van der Waals surface area contributed by atoms with Gasteiger partial charge >= 0.3 is 0 Å². The van der Waals surface area contributed by atoms with Crippen LogP contribution in [0.2, 0.25) is 0 Å². The van der Waals surface area contributed by atoms with Gasteiger partial charge in [0.05, 0.1) is 6.61 Å². The minimum atomic E-state index is -0.313. The third-order valence-corrected chi connectivity index (χ3v) is 5.69. The molecule has 0 saturated heterocycles. The molecule has 1 aliphatic carbocycles. The number of benzene rings is 1. The van der Waals surface area contributed by atoms with Crippen LogP contribution in [0.5, 0.6) is 0 Å². The van der Waals surface area contributed by atoms with Crippen LogP contribution in [0, 0.1) is 0 Å². The standard InChI is InChI=1S/C16H20N4O2S2/c1-22-10-9-17-15-19-20-16(24-15)23-13(11-5-3-2-4-6-11)14(21)18-12-7-8-12/h2-6,12-13H,7-10H2,1H3,(H,17,19)(H,18,21)/t13-/m0/s1. The summed E-state index contributed by atoms with van der Waals surface area (Å²) in [6.45, 7) is 1.29. The van der Waals surface area contributed by atoms with Crippen molar-refractivity contribution in [1.82, 2.24) is 15.5 Å². The molecule has 0 bridgehead atoms. The Hall–Kier alpha value is -1.64. The maximum atomic E-state index is 12.6. The Morgan fingerprint density at radius 3 is 2.88 bits per heavy atom. The average molecular weight is 364 g/mol. The highest BCUT2D eigenvalue weighted by Gasteiger charge is 2.29. The van der Waals surface area contributed by atoms with Crippen LogP contribution in [0.4, 0.5) is 5.13 Å². The van der Waals surface area contributed by atoms with Gasteiger partial charge in [-0.15, -0.1) is 10.2 Å². The van der Waals surface area contributed by atoms with Crippen molar-refractivity contribution in [3.05, 3.63) is 35.9 Å². The van der Waals surface area contributed by atoms with Gasteiger partial charge in [-0.2, -0.15) is 0 Å². The molecule has 1 aliphatic rings. The van der Waals surface area contributed by atoms with Gasteiger partial charge in [0.15, 0.2) is 4.34 Å². The summed E-state index contributed by atoms with van der Waals surface area (Å²) in [7, 11) is 1.66. The second kappa shape index (κ2) is 8.46. The second-order valence-electron chi connectivity index (χ2n) is 5.48. The maximum Gasteiger partial charge on any atom is 0.238 e. The topological polar surface area (TPSA) is 76.1 Å². The van der Waals surface area contributed by atoms with Crippen LogP contribution >= 0.6 is 23.1 Å². The van der Waals surface area contributed by atoms with E-state index in [1.54, 1.807) is 7.11 Å². The maximum absolute atomic E-state index is 12.6. The van der Waals surface area contributed by atoms with Crippen molar-refractivity contribution in [3.63, 3.8) is 0 Å². The van der Waals surface area contributed by atoms with E-state index in [0.717, 1.165) is 27.9 Å². The first-order chi connectivity index (χ1) is 11.8. The fourth-order valence-electron chi connectivity index (χ4n) is 2.09. The summed E-state index contributed by atoms with van der Waals surface area (Å²) in [4.78, 5) is 12.6. The molecule has 2 aromatic rings. The van der Waals surface area contributed by atoms with Crippen molar-refractivity contribution in [2.24, 2.45) is 0 Å². The Labute approximate surface area is 149 Å². The van der Waals surface area contributed by atoms with Crippen molar-refractivity contribution < 1.29 is 9.53 Å². The highest BCUT2D eigenvalue weighted by Crippen LogP contribution is 2.38. The van der Waals surface area contributed by atoms with Gasteiger partial charge < -0.3 is 15.4 Å². The zero-order chi connectivity index (χ0) is 16.8. The number of amides is 1. The van der Waals surface area contributed by atoms with E-state index in [9.17, 15) is 4.79 Å². The van der Waals surface area contributed by atoms with E-state index < -0.39 is 0 Å². The Bertz CT molecular complexity index is 661. The number of anilines is 1. The molecule has 1 aromatic carbocycles. The van der Waals surface area contributed by atoms with E-state index in [4.69, 9.17) is 4.74 Å². The van der Waals surface area contributed by atoms with Gasteiger partial charge in [-0.05, 0) is 18.4 Å². The van der Waals surface area contributed by atoms with Crippen molar-refractivity contribution in [2.75, 3.05) is 25.6 Å². The summed E-state index contributed by atoms with van der Waals surface area (Å²) in [5.74, 6) is 0.0396. The molecule has 1 atom stereocenters. The van der Waals surface area contributed by atoms with Crippen molar-refractivity contribution >= 4 is 34.1 Å². The quantitative estimate of drug-likeness (QED) is 0.526. The number of hydrogen-bond acceptors (Lipinski definition) is 7. The molecule has 1 aromatic heterocycles. The van der Waals surface area contributed by atoms with E-state index in [2.05, 4.69) is 20.8 Å². The van der Waals surface area contributed by atoms with Gasteiger partial charge in [0.2, 0.25) is 11.0 Å². The zero-order valence-electron chi connectivity index (χ0n) is 13.4. The molecule has 0 unspecified atom stereocenters. The van der Waals surface area contributed by atoms with Crippen LogP contribution in [-0.2, 0) is 9.53 Å². The SMILES string of the molecule is COCCNc1nnc(S[C@H](C(=O)NC2CC2)c2ccccc2)s1. The Balaban J connectivity index is 1.68. The third kappa shape index (κ3) is 4.93. The highest BCUT2D eigenvalue weighted by atomic mass is 32.2. The lowest BCUT2D eigenvalue weighted by molar-refractivity contribution is -0.120. The molecular weight excluding hydrogens is 344 g/mol. The summed E-state index contributed by atoms with van der Waals surface area (Å²) < 4.78 is 5.78. The molecule has 0 spiro atoms. The number of nitrogens with one attached hydrogen (secondary N) is 2. The lowest BCUT2D eigenvalue weighted by atomic mass is 10.1. The number of rotatable bonds is 9. The van der Waals surface area contributed by atoms with Crippen LogP contribution in [0.15, 0.2) is 34.7 Å². The largest absolute Gasteiger partial charge is 0.383 e. The summed E-state index contributed by atoms with van der Waals surface area (Å²) in [5, 5.41) is 15.0. The van der Waals surface area contributed by atoms with Crippen molar-refractivity contribution in [3.8, 4) is 0 Å². The molecule has 24 heavy (non-hydrogen) atoms. The molecule has 1 heterocycles. The van der Waals surface area contributed by atoms with Crippen LogP contribution < -0.4 is 10.6 Å². The third-order valence-electron chi connectivity index (χ3n) is 3.47. The lowest BCUT2D eigenvalue weighted by Gasteiger charge is -2.15. The van der Waals surface area contributed by atoms with Crippen molar-refractivity contribution in [1.29, 1.82) is 0 Å². The normalized spacial score (nSPS) is 15.0. The predicted octanol–water partition coefficient (Wildman–Crippen LogP) is 2.71. The van der Waals surface area contributed by atoms with E-state index in [1.165, 1.54) is 23.1 Å². The molecule has 1 amide bonds. The first-order valence-electron chi connectivity index (χ1n) is 7.84. The first kappa shape index (κ1) is 17.2. The molecule has 0 aliphatic heterocycles. The number of hydrogen-bond donors (Lipinski definition) is 2. The molecular formula is C16H20N4O2S2. The van der Waals surface area contributed by atoms with Gasteiger partial charge in [0.25, 0.3) is 0 Å². The number of carbonyl (C=O) groups is 1. The van der Waals surface area contributed by atoms with Gasteiger partial charge in [0, 0.05) is 19.7 Å². The lowest BCUT2D eigenvalue weighted by Crippen LogP contribution is -2.29. The molecule has 3 rings (SSSR count). The number of aromatic nitrogens is 2. The molecule has 0 radical (unpaired) electrons. The molecule has 1 fully saturated rings. The average Bonchev–Trinajstić information content (AvgIpc) is 3.30. The smallest absolute Gasteiger partial charge is 0.238 e. The second-order valence-corrected chi connectivity index (χ2v) is 7.81. The number of ether oxygens (including phenoxy) is 1. The summed E-state index contributed by atoms with van der Waals surface area (Å²) in [6.07, 6.45) is 2.15. The summed E-state index contributed by atoms with van der Waals surface area (Å²) >= 11 is 2.89. The van der Waals surface area contributed by atoms with Crippen LogP contribution in [0.3, 0.4) is 0 Å². The fourth-order valence-corrected chi connectivity index (χ4v) is 4.07. The monoisotopic (exact) mass is 364 g/mol. The molecule has 6 nitrogen and oxygen atoms in total. The molecule has 1 saturated carbocycles. The highest BCUT2D eigenvalue weighted by molar-refractivity contribution is 8.01. The number of nitrogens with zero attached hydrogens (tertiary/aromatic N) is 2. The Morgan fingerprint density at radius 1 is 1.38 bits per heavy atom. The predicted molar refractivity (Wildman–Crippen MR) is 96.5 cm³/mol. The fraction of sp³-hybridized carbons (Fsp3) is 0.438. The van der Waals surface area contributed by atoms with Crippen LogP contribution in [-0.4, -0.2) is 42.4 Å². The van der Waals surface area contributed by atoms with Crippen LogP contribution in [0.25, 0.3) is 0 Å². The van der Waals surface area contributed by atoms with Crippen LogP contribution in [0.1, 0.15) is 23.7 Å². The summed E-state index contributed by atoms with van der Waals surface area (Å²) in [6, 6.07) is 10.1.